The van der Waals surface area contributed by atoms with Gasteiger partial charge < -0.3 is 19.9 Å². The van der Waals surface area contributed by atoms with Crippen LogP contribution in [0.5, 0.6) is 5.75 Å². The minimum atomic E-state index is -0.422. The quantitative estimate of drug-likeness (QED) is 0.512. The molecule has 0 aliphatic carbocycles. The highest BCUT2D eigenvalue weighted by molar-refractivity contribution is 6.11. The van der Waals surface area contributed by atoms with Gasteiger partial charge in [0.1, 0.15) is 11.8 Å². The fourth-order valence-electron chi connectivity index (χ4n) is 5.22. The first-order chi connectivity index (χ1) is 18.0. The number of fused-ring (bicyclic) bond motifs is 2. The molecule has 0 unspecified atom stereocenters. The van der Waals surface area contributed by atoms with Crippen molar-refractivity contribution in [2.75, 3.05) is 18.6 Å². The first-order valence-corrected chi connectivity index (χ1v) is 12.7. The number of hydrogen-bond donors (Lipinski definition) is 1. The van der Waals surface area contributed by atoms with E-state index in [9.17, 15) is 14.4 Å². The van der Waals surface area contributed by atoms with Crippen molar-refractivity contribution in [2.24, 2.45) is 0 Å². The molecule has 0 spiro atoms. The van der Waals surface area contributed by atoms with E-state index < -0.39 is 6.04 Å². The zero-order chi connectivity index (χ0) is 25.9. The Labute approximate surface area is 217 Å². The van der Waals surface area contributed by atoms with Crippen LogP contribution in [-0.2, 0) is 11.3 Å². The normalized spacial score (nSPS) is 17.6. The zero-order valence-corrected chi connectivity index (χ0v) is 21.1. The number of carbonyl (C=O) groups excluding carboxylic acids is 3. The van der Waals surface area contributed by atoms with Gasteiger partial charge in [0.25, 0.3) is 11.8 Å². The van der Waals surface area contributed by atoms with Crippen LogP contribution in [0.2, 0.25) is 0 Å². The maximum absolute atomic E-state index is 13.5. The summed E-state index contributed by atoms with van der Waals surface area (Å²) in [5, 5.41) is 3.11. The molecule has 1 fully saturated rings. The van der Waals surface area contributed by atoms with E-state index in [1.165, 1.54) is 0 Å². The van der Waals surface area contributed by atoms with Crippen molar-refractivity contribution >= 4 is 23.4 Å². The fourth-order valence-corrected chi connectivity index (χ4v) is 5.22. The number of nitrogens with one attached hydrogen (secondary N) is 1. The number of anilines is 1. The summed E-state index contributed by atoms with van der Waals surface area (Å²) in [6.45, 7) is 2.97. The molecule has 1 N–H and O–H groups in total. The van der Waals surface area contributed by atoms with Crippen LogP contribution in [0.3, 0.4) is 0 Å². The average molecular weight is 498 g/mol. The number of benzene rings is 3. The molecule has 1 saturated heterocycles. The molecule has 2 aliphatic rings. The van der Waals surface area contributed by atoms with Crippen LogP contribution in [0.15, 0.2) is 72.8 Å². The highest BCUT2D eigenvalue weighted by atomic mass is 16.5. The Morgan fingerprint density at radius 3 is 2.46 bits per heavy atom. The van der Waals surface area contributed by atoms with Crippen molar-refractivity contribution in [1.29, 1.82) is 0 Å². The maximum Gasteiger partial charge on any atom is 0.256 e. The molecule has 0 radical (unpaired) electrons. The minimum absolute atomic E-state index is 0.0529. The molecule has 2 aliphatic heterocycles. The van der Waals surface area contributed by atoms with Gasteiger partial charge in [0.05, 0.1) is 30.9 Å². The first kappa shape index (κ1) is 24.6. The molecule has 3 aromatic carbocycles. The van der Waals surface area contributed by atoms with Gasteiger partial charge >= 0.3 is 0 Å². The van der Waals surface area contributed by atoms with Gasteiger partial charge in [0.2, 0.25) is 5.91 Å². The second-order valence-corrected chi connectivity index (χ2v) is 9.50. The Bertz CT molecular complexity index is 1300. The third kappa shape index (κ3) is 4.81. The lowest BCUT2D eigenvalue weighted by molar-refractivity contribution is -0.122. The third-order valence-corrected chi connectivity index (χ3v) is 7.28. The van der Waals surface area contributed by atoms with Crippen molar-refractivity contribution in [3.63, 3.8) is 0 Å². The van der Waals surface area contributed by atoms with E-state index in [4.69, 9.17) is 4.74 Å². The zero-order valence-electron chi connectivity index (χ0n) is 21.1. The van der Waals surface area contributed by atoms with E-state index >= 15 is 0 Å². The molecular formula is C30H31N3O4. The topological polar surface area (TPSA) is 79.0 Å². The van der Waals surface area contributed by atoms with Gasteiger partial charge in [-0.25, -0.2) is 0 Å². The summed E-state index contributed by atoms with van der Waals surface area (Å²) in [6, 6.07) is 21.8. The Hall–Kier alpha value is -4.13. The minimum Gasteiger partial charge on any atom is -0.497 e. The van der Waals surface area contributed by atoms with Crippen LogP contribution in [0.25, 0.3) is 0 Å². The Balaban J connectivity index is 1.33. The number of rotatable bonds is 7. The van der Waals surface area contributed by atoms with Crippen LogP contribution in [0.1, 0.15) is 64.1 Å². The number of ether oxygens (including phenoxy) is 1. The molecule has 0 aromatic heterocycles. The van der Waals surface area contributed by atoms with Crippen molar-refractivity contribution in [3.05, 3.63) is 95.1 Å². The fraction of sp³-hybridized carbons (Fsp3) is 0.300. The van der Waals surface area contributed by atoms with Crippen LogP contribution in [0, 0.1) is 0 Å². The van der Waals surface area contributed by atoms with Crippen LogP contribution >= 0.6 is 0 Å². The SMILES string of the molecule is CC[C@H](NC(=O)c1ccc(CN2C(=O)[C@@H]3CCCN3C(=O)c3ccccc32)cc1)c1ccc(OC)cc1. The molecule has 0 bridgehead atoms. The molecule has 3 amide bonds. The molecule has 7 heteroatoms. The van der Waals surface area contributed by atoms with Crippen molar-refractivity contribution in [2.45, 2.75) is 44.8 Å². The van der Waals surface area contributed by atoms with Crippen LogP contribution in [0.4, 0.5) is 5.69 Å². The summed E-state index contributed by atoms with van der Waals surface area (Å²) in [5.41, 5.74) is 3.65. The Morgan fingerprint density at radius 1 is 1.03 bits per heavy atom. The first-order valence-electron chi connectivity index (χ1n) is 12.7. The number of para-hydroxylation sites is 1. The predicted octanol–water partition coefficient (Wildman–Crippen LogP) is 4.73. The van der Waals surface area contributed by atoms with E-state index in [0.29, 0.717) is 36.3 Å². The summed E-state index contributed by atoms with van der Waals surface area (Å²) >= 11 is 0. The highest BCUT2D eigenvalue weighted by Crippen LogP contribution is 2.33. The second kappa shape index (κ2) is 10.5. The lowest BCUT2D eigenvalue weighted by Gasteiger charge is -2.26. The Morgan fingerprint density at radius 2 is 1.76 bits per heavy atom. The predicted molar refractivity (Wildman–Crippen MR) is 142 cm³/mol. The third-order valence-electron chi connectivity index (χ3n) is 7.28. The largest absolute Gasteiger partial charge is 0.497 e. The van der Waals surface area contributed by atoms with Gasteiger partial charge in [-0.15, -0.1) is 0 Å². The second-order valence-electron chi connectivity index (χ2n) is 9.50. The van der Waals surface area contributed by atoms with Crippen molar-refractivity contribution in [1.82, 2.24) is 10.2 Å². The molecule has 2 heterocycles. The summed E-state index contributed by atoms with van der Waals surface area (Å²) < 4.78 is 5.23. The number of hydrogen-bond acceptors (Lipinski definition) is 4. The summed E-state index contributed by atoms with van der Waals surface area (Å²) in [6.07, 6.45) is 2.27. The molecular weight excluding hydrogens is 466 g/mol. The van der Waals surface area contributed by atoms with Crippen LogP contribution < -0.4 is 15.0 Å². The molecule has 0 saturated carbocycles. The van der Waals surface area contributed by atoms with Gasteiger partial charge in [0, 0.05) is 12.1 Å². The molecule has 3 aromatic rings. The highest BCUT2D eigenvalue weighted by Gasteiger charge is 2.41. The number of methoxy groups -OCH3 is 1. The molecule has 7 nitrogen and oxygen atoms in total. The van der Waals surface area contributed by atoms with E-state index in [2.05, 4.69) is 5.32 Å². The van der Waals surface area contributed by atoms with Gasteiger partial charge in [0.15, 0.2) is 0 Å². The average Bonchev–Trinajstić information content (AvgIpc) is 3.42. The molecule has 37 heavy (non-hydrogen) atoms. The van der Waals surface area contributed by atoms with Gasteiger partial charge in [-0.2, -0.15) is 0 Å². The summed E-state index contributed by atoms with van der Waals surface area (Å²) in [7, 11) is 1.63. The van der Waals surface area contributed by atoms with E-state index in [1.54, 1.807) is 35.1 Å². The molecule has 2 atom stereocenters. The summed E-state index contributed by atoms with van der Waals surface area (Å²) in [5.74, 6) is 0.486. The van der Waals surface area contributed by atoms with E-state index in [0.717, 1.165) is 29.7 Å². The summed E-state index contributed by atoms with van der Waals surface area (Å²) in [4.78, 5) is 43.0. The Kier molecular flexibility index (Phi) is 6.95. The lowest BCUT2D eigenvalue weighted by atomic mass is 10.0. The number of nitrogens with zero attached hydrogens (tertiary/aromatic N) is 2. The van der Waals surface area contributed by atoms with E-state index in [1.807, 2.05) is 61.5 Å². The number of amides is 3. The smallest absolute Gasteiger partial charge is 0.256 e. The number of carbonyl (C=O) groups is 3. The van der Waals surface area contributed by atoms with Crippen LogP contribution in [-0.4, -0.2) is 42.3 Å². The molecule has 5 rings (SSSR count). The lowest BCUT2D eigenvalue weighted by Crippen LogP contribution is -2.44. The van der Waals surface area contributed by atoms with E-state index in [-0.39, 0.29) is 23.8 Å². The van der Waals surface area contributed by atoms with Gasteiger partial charge in [-0.1, -0.05) is 43.3 Å². The van der Waals surface area contributed by atoms with Crippen molar-refractivity contribution in [3.8, 4) is 5.75 Å². The van der Waals surface area contributed by atoms with Crippen molar-refractivity contribution < 1.29 is 19.1 Å². The van der Waals surface area contributed by atoms with Gasteiger partial charge in [-0.3, -0.25) is 14.4 Å². The van der Waals surface area contributed by atoms with Gasteiger partial charge in [-0.05, 0) is 66.8 Å². The monoisotopic (exact) mass is 497 g/mol. The maximum atomic E-state index is 13.5. The molecule has 190 valence electrons. The standard InChI is InChI=1S/C30H31N3O4/c1-3-25(21-14-16-23(37-2)17-15-21)31-28(34)22-12-10-20(11-13-22)19-33-26-8-5-4-7-24(26)29(35)32-18-6-9-27(32)30(33)36/h4-5,7-8,10-17,25,27H,3,6,9,18-19H2,1-2H3,(H,31,34)/t25-,27-/m0/s1.